The Bertz CT molecular complexity index is 786. The fourth-order valence-electron chi connectivity index (χ4n) is 3.26. The van der Waals surface area contributed by atoms with Crippen molar-refractivity contribution in [3.05, 3.63) is 69.0 Å². The lowest BCUT2D eigenvalue weighted by Gasteiger charge is -2.18. The topological polar surface area (TPSA) is 107 Å². The van der Waals surface area contributed by atoms with Crippen LogP contribution in [0.15, 0.2) is 52.2 Å². The minimum Gasteiger partial charge on any atom is -0.390 e. The molecule has 0 aliphatic heterocycles. The third-order valence-electron chi connectivity index (χ3n) is 4.56. The van der Waals surface area contributed by atoms with Gasteiger partial charge in [0.1, 0.15) is 6.10 Å². The van der Waals surface area contributed by atoms with E-state index in [-0.39, 0.29) is 5.92 Å². The van der Waals surface area contributed by atoms with Gasteiger partial charge < -0.3 is 15.5 Å². The van der Waals surface area contributed by atoms with E-state index in [0.717, 1.165) is 5.56 Å². The molecule has 0 amide bonds. The quantitative estimate of drug-likeness (QED) is 0.597. The molecule has 0 saturated heterocycles. The summed E-state index contributed by atoms with van der Waals surface area (Å²) in [7, 11) is 0. The van der Waals surface area contributed by atoms with Crippen molar-refractivity contribution >= 4 is 0 Å². The fraction of sp³-hybridized carbons (Fsp3) is 0.412. The van der Waals surface area contributed by atoms with Gasteiger partial charge in [0.05, 0.1) is 12.1 Å². The van der Waals surface area contributed by atoms with Gasteiger partial charge in [-0.05, 0) is 12.0 Å². The highest BCUT2D eigenvalue weighted by Gasteiger charge is 2.42. The lowest BCUT2D eigenvalue weighted by Crippen LogP contribution is -2.37. The van der Waals surface area contributed by atoms with E-state index in [1.54, 1.807) is 0 Å². The van der Waals surface area contributed by atoms with Gasteiger partial charge in [0.25, 0.3) is 5.56 Å². The average Bonchev–Trinajstić information content (AvgIpc) is 2.84. The Labute approximate surface area is 138 Å². The molecule has 1 heterocycles. The van der Waals surface area contributed by atoms with Crippen LogP contribution in [0.3, 0.4) is 0 Å². The van der Waals surface area contributed by atoms with E-state index >= 15 is 0 Å². The first-order chi connectivity index (χ1) is 11.6. The normalized spacial score (nSPS) is 26.6. The van der Waals surface area contributed by atoms with Gasteiger partial charge in [-0.15, -0.1) is 0 Å². The van der Waals surface area contributed by atoms with Crippen LogP contribution in [0, 0.1) is 5.92 Å². The number of aliphatic hydroxyl groups excluding tert-OH is 2. The van der Waals surface area contributed by atoms with Crippen molar-refractivity contribution in [2.45, 2.75) is 31.2 Å². The van der Waals surface area contributed by atoms with E-state index in [1.165, 1.54) is 16.8 Å². The Morgan fingerprint density at radius 3 is 2.58 bits per heavy atom. The highest BCUT2D eigenvalue weighted by molar-refractivity contribution is 5.14. The molecule has 7 heteroatoms. The minimum atomic E-state index is -1.04. The Morgan fingerprint density at radius 2 is 1.88 bits per heavy atom. The summed E-state index contributed by atoms with van der Waals surface area (Å²) in [5.74, 6) is -0.174. The maximum Gasteiger partial charge on any atom is 0.328 e. The predicted molar refractivity (Wildman–Crippen MR) is 88.6 cm³/mol. The molecule has 1 saturated carbocycles. The van der Waals surface area contributed by atoms with E-state index in [9.17, 15) is 19.8 Å². The molecule has 1 aliphatic rings. The number of hydrogen-bond donors (Lipinski definition) is 4. The largest absolute Gasteiger partial charge is 0.390 e. The van der Waals surface area contributed by atoms with Crippen molar-refractivity contribution in [3.8, 4) is 0 Å². The molecule has 7 nitrogen and oxygen atoms in total. The van der Waals surface area contributed by atoms with Crippen molar-refractivity contribution in [2.24, 2.45) is 5.92 Å². The van der Waals surface area contributed by atoms with Gasteiger partial charge >= 0.3 is 5.69 Å². The van der Waals surface area contributed by atoms with Crippen LogP contribution in [-0.4, -0.2) is 38.5 Å². The van der Waals surface area contributed by atoms with Gasteiger partial charge in [-0.1, -0.05) is 30.3 Å². The zero-order valence-corrected chi connectivity index (χ0v) is 13.1. The first-order valence-corrected chi connectivity index (χ1v) is 7.98. The molecule has 4 N–H and O–H groups in total. The van der Waals surface area contributed by atoms with Crippen LogP contribution < -0.4 is 16.6 Å². The fourth-order valence-corrected chi connectivity index (χ4v) is 3.26. The summed E-state index contributed by atoms with van der Waals surface area (Å²) in [6.07, 6.45) is -0.147. The van der Waals surface area contributed by atoms with E-state index in [4.69, 9.17) is 0 Å². The van der Waals surface area contributed by atoms with Gasteiger partial charge in [0.15, 0.2) is 0 Å². The molecule has 1 aromatic carbocycles. The molecular formula is C17H21N3O4. The zero-order chi connectivity index (χ0) is 17.1. The lowest BCUT2D eigenvalue weighted by atomic mass is 10.1. The van der Waals surface area contributed by atoms with Gasteiger partial charge in [-0.2, -0.15) is 0 Å². The van der Waals surface area contributed by atoms with Crippen LogP contribution in [0.5, 0.6) is 0 Å². The van der Waals surface area contributed by atoms with Crippen molar-refractivity contribution < 1.29 is 10.2 Å². The van der Waals surface area contributed by atoms with E-state index in [2.05, 4.69) is 10.3 Å². The molecular weight excluding hydrogens is 310 g/mol. The number of H-pyrrole nitrogens is 1. The highest BCUT2D eigenvalue weighted by atomic mass is 16.3. The first kappa shape index (κ1) is 16.6. The molecule has 0 radical (unpaired) electrons. The summed E-state index contributed by atoms with van der Waals surface area (Å²) in [6, 6.07) is 10.6. The number of aromatic nitrogens is 2. The molecule has 2 aromatic rings. The van der Waals surface area contributed by atoms with E-state index in [0.29, 0.717) is 19.5 Å². The molecule has 0 unspecified atom stereocenters. The Balaban J connectivity index is 1.64. The number of rotatable bonds is 5. The number of nitrogens with zero attached hydrogens (tertiary/aromatic N) is 1. The predicted octanol–water partition coefficient (Wildman–Crippen LogP) is -0.391. The van der Waals surface area contributed by atoms with Gasteiger partial charge in [-0.25, -0.2) is 4.79 Å². The first-order valence-electron chi connectivity index (χ1n) is 7.98. The Morgan fingerprint density at radius 1 is 1.12 bits per heavy atom. The van der Waals surface area contributed by atoms with Crippen molar-refractivity contribution in [3.63, 3.8) is 0 Å². The molecule has 3 rings (SSSR count). The summed E-state index contributed by atoms with van der Waals surface area (Å²) in [5, 5.41) is 23.8. The number of benzene rings is 1. The molecule has 24 heavy (non-hydrogen) atoms. The Kier molecular flexibility index (Phi) is 4.94. The second-order valence-electron chi connectivity index (χ2n) is 6.18. The number of nitrogens with one attached hydrogen (secondary N) is 2. The van der Waals surface area contributed by atoms with Crippen LogP contribution in [0.1, 0.15) is 18.0 Å². The zero-order valence-electron chi connectivity index (χ0n) is 13.1. The van der Waals surface area contributed by atoms with Gasteiger partial charge in [0.2, 0.25) is 0 Å². The number of aromatic amines is 1. The molecule has 128 valence electrons. The van der Waals surface area contributed by atoms with Crippen LogP contribution in [0.4, 0.5) is 0 Å². The molecule has 1 aliphatic carbocycles. The molecule has 4 atom stereocenters. The smallest absolute Gasteiger partial charge is 0.328 e. The maximum absolute atomic E-state index is 11.9. The summed E-state index contributed by atoms with van der Waals surface area (Å²) in [5.41, 5.74) is 0.0842. The van der Waals surface area contributed by atoms with Crippen molar-refractivity contribution in [1.29, 1.82) is 0 Å². The minimum absolute atomic E-state index is 0.174. The van der Waals surface area contributed by atoms with Crippen molar-refractivity contribution in [1.82, 2.24) is 14.9 Å². The summed E-state index contributed by atoms with van der Waals surface area (Å²) >= 11 is 0. The third-order valence-corrected chi connectivity index (χ3v) is 4.56. The summed E-state index contributed by atoms with van der Waals surface area (Å²) in [6.45, 7) is 1.20. The van der Waals surface area contributed by atoms with Crippen LogP contribution >= 0.6 is 0 Å². The Hall–Kier alpha value is -2.22. The van der Waals surface area contributed by atoms with Gasteiger partial charge in [0, 0.05) is 31.3 Å². The number of hydrogen-bond acceptors (Lipinski definition) is 5. The standard InChI is InChI=1S/C17H21N3O4/c21-14-6-7-20(17(24)19-14)13-8-12(15(22)16(13)23)10-18-9-11-4-2-1-3-5-11/h1-7,12-13,15-16,18,22-23H,8-10H2,(H,19,21,24)/t12-,13-,15-,16+/m0/s1. The molecule has 1 fully saturated rings. The van der Waals surface area contributed by atoms with Crippen molar-refractivity contribution in [2.75, 3.05) is 6.54 Å². The number of aliphatic hydroxyl groups is 2. The summed E-state index contributed by atoms with van der Waals surface area (Å²) < 4.78 is 1.28. The second kappa shape index (κ2) is 7.12. The average molecular weight is 331 g/mol. The van der Waals surface area contributed by atoms with E-state index < -0.39 is 29.5 Å². The lowest BCUT2D eigenvalue weighted by molar-refractivity contribution is 0.00568. The van der Waals surface area contributed by atoms with Gasteiger partial charge in [-0.3, -0.25) is 14.3 Å². The van der Waals surface area contributed by atoms with Crippen LogP contribution in [-0.2, 0) is 6.54 Å². The molecule has 0 spiro atoms. The molecule has 0 bridgehead atoms. The second-order valence-corrected chi connectivity index (χ2v) is 6.18. The maximum atomic E-state index is 11.9. The third kappa shape index (κ3) is 3.48. The SMILES string of the molecule is O=c1ccn([C@H]2C[C@@H](CNCc3ccccc3)[C@H](O)[C@@H]2O)c(=O)[nH]1. The van der Waals surface area contributed by atoms with E-state index in [1.807, 2.05) is 30.3 Å². The van der Waals surface area contributed by atoms with Crippen LogP contribution in [0.25, 0.3) is 0 Å². The molecule has 1 aromatic heterocycles. The summed E-state index contributed by atoms with van der Waals surface area (Å²) in [4.78, 5) is 25.2. The van der Waals surface area contributed by atoms with Crippen LogP contribution in [0.2, 0.25) is 0 Å². The monoisotopic (exact) mass is 331 g/mol. The highest BCUT2D eigenvalue weighted by Crippen LogP contribution is 2.34.